The highest BCUT2D eigenvalue weighted by Crippen LogP contribution is 2.21. The summed E-state index contributed by atoms with van der Waals surface area (Å²) in [5.41, 5.74) is 1.60. The second-order valence-electron chi connectivity index (χ2n) is 7.26. The second kappa shape index (κ2) is 10.7. The minimum Gasteiger partial charge on any atom is -0.452 e. The predicted molar refractivity (Wildman–Crippen MR) is 122 cm³/mol. The third kappa shape index (κ3) is 6.88. The Labute approximate surface area is 191 Å². The van der Waals surface area contributed by atoms with E-state index in [1.54, 1.807) is 6.92 Å². The number of ether oxygens (including phenoxy) is 1. The van der Waals surface area contributed by atoms with Crippen LogP contribution in [-0.4, -0.2) is 33.4 Å². The molecule has 0 aliphatic carbocycles. The zero-order valence-electron chi connectivity index (χ0n) is 17.9. The number of hydrogen-bond donors (Lipinski definition) is 2. The summed E-state index contributed by atoms with van der Waals surface area (Å²) in [5, 5.41) is 2.67. The minimum absolute atomic E-state index is 0.0586. The number of aryl methyl sites for hydroxylation is 1. The van der Waals surface area contributed by atoms with Crippen LogP contribution in [0.3, 0.4) is 0 Å². The van der Waals surface area contributed by atoms with E-state index in [2.05, 4.69) is 10.0 Å². The lowest BCUT2D eigenvalue weighted by molar-refractivity contribution is -0.124. The van der Waals surface area contributed by atoms with E-state index in [1.165, 1.54) is 36.4 Å². The van der Waals surface area contributed by atoms with Gasteiger partial charge in [0.2, 0.25) is 0 Å². The van der Waals surface area contributed by atoms with Crippen molar-refractivity contribution in [2.45, 2.75) is 18.2 Å². The molecule has 1 amide bonds. The van der Waals surface area contributed by atoms with Gasteiger partial charge in [-0.2, -0.15) is 0 Å². The number of amides is 1. The molecule has 3 rings (SSSR count). The van der Waals surface area contributed by atoms with E-state index < -0.39 is 34.3 Å². The Kier molecular flexibility index (Phi) is 7.78. The maximum absolute atomic E-state index is 13.5. The molecule has 7 nitrogen and oxygen atoms in total. The maximum atomic E-state index is 13.5. The third-order valence-electron chi connectivity index (χ3n) is 4.70. The van der Waals surface area contributed by atoms with Crippen molar-refractivity contribution in [1.82, 2.24) is 5.32 Å². The van der Waals surface area contributed by atoms with Crippen LogP contribution in [0.25, 0.3) is 0 Å². The highest BCUT2D eigenvalue weighted by atomic mass is 32.2. The SMILES string of the molecule is Cc1ccc(F)cc1S(=O)(=O)Nc1cccc(C(=O)OCC(=O)NCCc2ccccc2)c1. The van der Waals surface area contributed by atoms with Gasteiger partial charge in [-0.15, -0.1) is 0 Å². The summed E-state index contributed by atoms with van der Waals surface area (Å²) < 4.78 is 46.1. The zero-order chi connectivity index (χ0) is 23.8. The van der Waals surface area contributed by atoms with Gasteiger partial charge in [0, 0.05) is 12.2 Å². The number of sulfonamides is 1. The monoisotopic (exact) mass is 470 g/mol. The molecule has 9 heteroatoms. The molecule has 0 saturated heterocycles. The van der Waals surface area contributed by atoms with Crippen molar-refractivity contribution < 1.29 is 27.1 Å². The molecule has 2 N–H and O–H groups in total. The summed E-state index contributed by atoms with van der Waals surface area (Å²) in [6, 6.07) is 18.7. The summed E-state index contributed by atoms with van der Waals surface area (Å²) in [7, 11) is -4.07. The summed E-state index contributed by atoms with van der Waals surface area (Å²) >= 11 is 0. The Hall–Kier alpha value is -3.72. The number of rotatable bonds is 9. The molecule has 0 radical (unpaired) electrons. The summed E-state index contributed by atoms with van der Waals surface area (Å²) in [6.45, 7) is 1.48. The van der Waals surface area contributed by atoms with Gasteiger partial charge in [-0.3, -0.25) is 9.52 Å². The predicted octanol–water partition coefficient (Wildman–Crippen LogP) is 3.45. The van der Waals surface area contributed by atoms with Crippen LogP contribution in [0.1, 0.15) is 21.5 Å². The van der Waals surface area contributed by atoms with Crippen LogP contribution in [0, 0.1) is 12.7 Å². The lowest BCUT2D eigenvalue weighted by atomic mass is 10.1. The highest BCUT2D eigenvalue weighted by Gasteiger charge is 2.19. The van der Waals surface area contributed by atoms with Gasteiger partial charge in [0.25, 0.3) is 15.9 Å². The smallest absolute Gasteiger partial charge is 0.338 e. The van der Waals surface area contributed by atoms with Crippen molar-refractivity contribution in [3.63, 3.8) is 0 Å². The maximum Gasteiger partial charge on any atom is 0.338 e. The Balaban J connectivity index is 1.55. The van der Waals surface area contributed by atoms with Crippen molar-refractivity contribution in [2.75, 3.05) is 17.9 Å². The van der Waals surface area contributed by atoms with Crippen LogP contribution in [0.5, 0.6) is 0 Å². The summed E-state index contributed by atoms with van der Waals surface area (Å²) in [6.07, 6.45) is 0.646. The molecule has 3 aromatic carbocycles. The van der Waals surface area contributed by atoms with Gasteiger partial charge in [0.05, 0.1) is 10.5 Å². The fourth-order valence-electron chi connectivity index (χ4n) is 3.04. The van der Waals surface area contributed by atoms with Crippen molar-refractivity contribution in [1.29, 1.82) is 0 Å². The van der Waals surface area contributed by atoms with Crippen LogP contribution in [0.2, 0.25) is 0 Å². The molecular weight excluding hydrogens is 447 g/mol. The molecule has 0 fully saturated rings. The molecule has 33 heavy (non-hydrogen) atoms. The Morgan fingerprint density at radius 3 is 2.48 bits per heavy atom. The van der Waals surface area contributed by atoms with E-state index in [9.17, 15) is 22.4 Å². The first-order valence-corrected chi connectivity index (χ1v) is 11.6. The normalized spacial score (nSPS) is 11.0. The number of carbonyl (C=O) groups is 2. The van der Waals surface area contributed by atoms with Crippen LogP contribution in [0.15, 0.2) is 77.7 Å². The Bertz CT molecular complexity index is 1250. The zero-order valence-corrected chi connectivity index (χ0v) is 18.7. The van der Waals surface area contributed by atoms with Crippen LogP contribution in [-0.2, 0) is 26.0 Å². The molecule has 0 atom stereocenters. The second-order valence-corrected chi connectivity index (χ2v) is 8.91. The topological polar surface area (TPSA) is 102 Å². The number of carbonyl (C=O) groups excluding carboxylic acids is 2. The molecule has 0 aliphatic rings. The fourth-order valence-corrected chi connectivity index (χ4v) is 4.35. The molecule has 0 heterocycles. The standard InChI is InChI=1S/C24H23FN2O5S/c1-17-10-11-20(25)15-22(17)33(30,31)27-21-9-5-8-19(14-21)24(29)32-16-23(28)26-13-12-18-6-3-2-4-7-18/h2-11,14-15,27H,12-13,16H2,1H3,(H,26,28). The average molecular weight is 471 g/mol. The average Bonchev–Trinajstić information content (AvgIpc) is 2.79. The van der Waals surface area contributed by atoms with Crippen molar-refractivity contribution in [3.05, 3.63) is 95.3 Å². The first-order valence-electron chi connectivity index (χ1n) is 10.1. The van der Waals surface area contributed by atoms with Crippen molar-refractivity contribution in [2.24, 2.45) is 0 Å². The minimum atomic E-state index is -4.07. The van der Waals surface area contributed by atoms with E-state index in [4.69, 9.17) is 4.74 Å². The number of halogens is 1. The first-order chi connectivity index (χ1) is 15.7. The fraction of sp³-hybridized carbons (Fsp3) is 0.167. The van der Waals surface area contributed by atoms with Gasteiger partial charge in [0.1, 0.15) is 5.82 Å². The van der Waals surface area contributed by atoms with Gasteiger partial charge in [-0.05, 0) is 54.8 Å². The van der Waals surface area contributed by atoms with Crippen LogP contribution in [0.4, 0.5) is 10.1 Å². The molecule has 0 saturated carbocycles. The number of hydrogen-bond acceptors (Lipinski definition) is 5. The number of benzene rings is 3. The molecule has 0 unspecified atom stereocenters. The van der Waals surface area contributed by atoms with Gasteiger partial charge in [-0.1, -0.05) is 42.5 Å². The lowest BCUT2D eigenvalue weighted by Gasteiger charge is -2.11. The molecular formula is C24H23FN2O5S. The molecule has 0 aliphatic heterocycles. The van der Waals surface area contributed by atoms with Gasteiger partial charge in [0.15, 0.2) is 6.61 Å². The Morgan fingerprint density at radius 1 is 0.970 bits per heavy atom. The van der Waals surface area contributed by atoms with Crippen molar-refractivity contribution >= 4 is 27.6 Å². The van der Waals surface area contributed by atoms with Gasteiger partial charge < -0.3 is 10.1 Å². The van der Waals surface area contributed by atoms with Gasteiger partial charge in [-0.25, -0.2) is 17.6 Å². The number of nitrogens with one attached hydrogen (secondary N) is 2. The van der Waals surface area contributed by atoms with Crippen molar-refractivity contribution in [3.8, 4) is 0 Å². The first kappa shape index (κ1) is 23.9. The third-order valence-corrected chi connectivity index (χ3v) is 6.23. The molecule has 3 aromatic rings. The van der Waals surface area contributed by atoms with Gasteiger partial charge >= 0.3 is 5.97 Å². The molecule has 0 spiro atoms. The Morgan fingerprint density at radius 2 is 1.73 bits per heavy atom. The summed E-state index contributed by atoms with van der Waals surface area (Å²) in [5.74, 6) is -1.91. The van der Waals surface area contributed by atoms with E-state index >= 15 is 0 Å². The lowest BCUT2D eigenvalue weighted by Crippen LogP contribution is -2.30. The van der Waals surface area contributed by atoms with E-state index in [0.717, 1.165) is 11.6 Å². The van der Waals surface area contributed by atoms with Crippen LogP contribution < -0.4 is 10.0 Å². The highest BCUT2D eigenvalue weighted by molar-refractivity contribution is 7.92. The largest absolute Gasteiger partial charge is 0.452 e. The summed E-state index contributed by atoms with van der Waals surface area (Å²) in [4.78, 5) is 24.0. The van der Waals surface area contributed by atoms with Crippen LogP contribution >= 0.6 is 0 Å². The van der Waals surface area contributed by atoms with E-state index in [-0.39, 0.29) is 16.1 Å². The number of esters is 1. The van der Waals surface area contributed by atoms with E-state index in [0.29, 0.717) is 18.5 Å². The molecule has 0 bridgehead atoms. The molecule has 0 aromatic heterocycles. The molecule has 172 valence electrons. The van der Waals surface area contributed by atoms with E-state index in [1.807, 2.05) is 30.3 Å². The number of anilines is 1. The quantitative estimate of drug-likeness (QED) is 0.467.